The van der Waals surface area contributed by atoms with Crippen molar-refractivity contribution in [3.8, 4) is 5.75 Å². The summed E-state index contributed by atoms with van der Waals surface area (Å²) in [6.45, 7) is 2.31. The molecule has 0 radical (unpaired) electrons. The maximum Gasteiger partial charge on any atom is 0.282 e. The molecule has 0 unspecified atom stereocenters. The van der Waals surface area contributed by atoms with Gasteiger partial charge in [0.05, 0.1) is 22.1 Å². The van der Waals surface area contributed by atoms with Crippen molar-refractivity contribution in [3.05, 3.63) is 102 Å². The minimum atomic E-state index is -0.224. The number of benzene rings is 3. The molecule has 4 aromatic rings. The first-order valence-corrected chi connectivity index (χ1v) is 11.4. The zero-order valence-corrected chi connectivity index (χ0v) is 20.2. The number of hydrogen-bond acceptors (Lipinski definition) is 4. The zero-order chi connectivity index (χ0) is 22.7. The van der Waals surface area contributed by atoms with Gasteiger partial charge in [-0.3, -0.25) is 4.79 Å². The summed E-state index contributed by atoms with van der Waals surface area (Å²) in [5.74, 6) is 1.14. The van der Waals surface area contributed by atoms with Crippen molar-refractivity contribution in [2.45, 2.75) is 20.0 Å². The predicted molar refractivity (Wildman–Crippen MR) is 133 cm³/mol. The first-order chi connectivity index (χ1) is 15.4. The maximum atomic E-state index is 13.0. The highest BCUT2D eigenvalue weighted by Crippen LogP contribution is 2.26. The lowest BCUT2D eigenvalue weighted by Gasteiger charge is -2.09. The van der Waals surface area contributed by atoms with Crippen LogP contribution in [-0.4, -0.2) is 15.9 Å². The van der Waals surface area contributed by atoms with Crippen molar-refractivity contribution in [1.29, 1.82) is 0 Å². The van der Waals surface area contributed by atoms with Crippen LogP contribution in [-0.2, 0) is 13.0 Å². The second kappa shape index (κ2) is 9.86. The van der Waals surface area contributed by atoms with Crippen LogP contribution in [0.15, 0.2) is 75.0 Å². The Kier molecular flexibility index (Phi) is 6.94. The summed E-state index contributed by atoms with van der Waals surface area (Å²) in [6, 6.07) is 18.2. The highest BCUT2D eigenvalue weighted by molar-refractivity contribution is 9.10. The third-order valence-electron chi connectivity index (χ3n) is 4.78. The van der Waals surface area contributed by atoms with Crippen molar-refractivity contribution in [3.63, 3.8) is 0 Å². The van der Waals surface area contributed by atoms with Crippen molar-refractivity contribution in [2.24, 2.45) is 5.10 Å². The molecule has 0 atom stereocenters. The Morgan fingerprint density at radius 3 is 2.59 bits per heavy atom. The van der Waals surface area contributed by atoms with Gasteiger partial charge in [-0.15, -0.1) is 0 Å². The second-order valence-corrected chi connectivity index (χ2v) is 8.77. The molecule has 162 valence electrons. The van der Waals surface area contributed by atoms with Gasteiger partial charge in [0, 0.05) is 15.9 Å². The Morgan fingerprint density at radius 2 is 1.88 bits per heavy atom. The lowest BCUT2D eigenvalue weighted by Crippen LogP contribution is -2.22. The van der Waals surface area contributed by atoms with Crippen LogP contribution >= 0.6 is 39.1 Å². The monoisotopic (exact) mass is 529 g/mol. The van der Waals surface area contributed by atoms with E-state index in [0.29, 0.717) is 45.5 Å². The largest absolute Gasteiger partial charge is 0.487 e. The molecule has 0 aliphatic carbocycles. The van der Waals surface area contributed by atoms with Gasteiger partial charge < -0.3 is 4.74 Å². The number of ether oxygens (including phenoxy) is 1. The van der Waals surface area contributed by atoms with E-state index in [4.69, 9.17) is 27.9 Å². The number of aromatic nitrogens is 2. The van der Waals surface area contributed by atoms with Gasteiger partial charge in [-0.05, 0) is 59.7 Å². The average molecular weight is 531 g/mol. The molecule has 5 nitrogen and oxygen atoms in total. The molecule has 0 spiro atoms. The minimum Gasteiger partial charge on any atom is -0.487 e. The highest BCUT2D eigenvalue weighted by atomic mass is 79.9. The summed E-state index contributed by atoms with van der Waals surface area (Å²) < 4.78 is 7.94. The summed E-state index contributed by atoms with van der Waals surface area (Å²) in [6.07, 6.45) is 2.15. The fourth-order valence-electron chi connectivity index (χ4n) is 3.12. The molecule has 0 fully saturated rings. The predicted octanol–water partition coefficient (Wildman–Crippen LogP) is 6.49. The van der Waals surface area contributed by atoms with E-state index in [-0.39, 0.29) is 5.56 Å². The van der Waals surface area contributed by atoms with E-state index in [2.05, 4.69) is 26.0 Å². The minimum absolute atomic E-state index is 0.224. The quantitative estimate of drug-likeness (QED) is 0.268. The van der Waals surface area contributed by atoms with Crippen molar-refractivity contribution >= 4 is 56.2 Å². The molecule has 4 rings (SSSR count). The molecular formula is C24H18BrCl2N3O2. The molecule has 0 aliphatic rings. The summed E-state index contributed by atoms with van der Waals surface area (Å²) >= 11 is 15.7. The third-order valence-corrected chi connectivity index (χ3v) is 5.82. The molecule has 8 heteroatoms. The van der Waals surface area contributed by atoms with Crippen molar-refractivity contribution in [2.75, 3.05) is 0 Å². The summed E-state index contributed by atoms with van der Waals surface area (Å²) in [5, 5.41) is 6.01. The van der Waals surface area contributed by atoms with Crippen molar-refractivity contribution in [1.82, 2.24) is 9.66 Å². The fourth-order valence-corrected chi connectivity index (χ4v) is 3.85. The van der Waals surface area contributed by atoms with Gasteiger partial charge in [0.15, 0.2) is 0 Å². The normalized spacial score (nSPS) is 11.4. The topological polar surface area (TPSA) is 56.5 Å². The standard InChI is InChI=1S/C24H18BrCl2N3O2/c1-2-23-29-21-9-6-17(25)12-19(21)24(31)30(23)28-13-16-5-10-22(20(27)11-16)32-14-15-3-7-18(26)8-4-15/h3-13H,2,14H2,1H3. The average Bonchev–Trinajstić information content (AvgIpc) is 2.79. The van der Waals surface area contributed by atoms with E-state index in [1.807, 2.05) is 49.4 Å². The van der Waals surface area contributed by atoms with Gasteiger partial charge in [0.2, 0.25) is 0 Å². The summed E-state index contributed by atoms with van der Waals surface area (Å²) in [7, 11) is 0. The number of fused-ring (bicyclic) bond motifs is 1. The van der Waals surface area contributed by atoms with E-state index in [0.717, 1.165) is 15.6 Å². The Morgan fingerprint density at radius 1 is 1.09 bits per heavy atom. The lowest BCUT2D eigenvalue weighted by molar-refractivity contribution is 0.306. The maximum absolute atomic E-state index is 13.0. The zero-order valence-electron chi connectivity index (χ0n) is 17.1. The van der Waals surface area contributed by atoms with Gasteiger partial charge in [-0.25, -0.2) is 4.98 Å². The van der Waals surface area contributed by atoms with Crippen LogP contribution in [0.2, 0.25) is 10.0 Å². The molecule has 0 amide bonds. The van der Waals surface area contributed by atoms with Crippen LogP contribution in [0, 0.1) is 0 Å². The molecule has 3 aromatic carbocycles. The van der Waals surface area contributed by atoms with Crippen LogP contribution < -0.4 is 10.3 Å². The van der Waals surface area contributed by atoms with Gasteiger partial charge in [-0.1, -0.05) is 58.2 Å². The molecule has 0 bridgehead atoms. The first-order valence-electron chi connectivity index (χ1n) is 9.87. The molecule has 0 N–H and O–H groups in total. The molecule has 32 heavy (non-hydrogen) atoms. The van der Waals surface area contributed by atoms with Crippen LogP contribution in [0.4, 0.5) is 0 Å². The van der Waals surface area contributed by atoms with Crippen LogP contribution in [0.5, 0.6) is 5.75 Å². The van der Waals surface area contributed by atoms with Gasteiger partial charge in [0.1, 0.15) is 18.2 Å². The SMILES string of the molecule is CCc1nc2ccc(Br)cc2c(=O)n1N=Cc1ccc(OCc2ccc(Cl)cc2)c(Cl)c1. The Balaban J connectivity index is 1.57. The first kappa shape index (κ1) is 22.5. The Bertz CT molecular complexity index is 1370. The highest BCUT2D eigenvalue weighted by Gasteiger charge is 2.10. The fraction of sp³-hybridized carbons (Fsp3) is 0.125. The van der Waals surface area contributed by atoms with Crippen LogP contribution in [0.1, 0.15) is 23.9 Å². The molecule has 0 saturated heterocycles. The van der Waals surface area contributed by atoms with Gasteiger partial charge >= 0.3 is 0 Å². The molecule has 1 aromatic heterocycles. The summed E-state index contributed by atoms with van der Waals surface area (Å²) in [5.41, 5.74) is 2.14. The molecule has 0 aliphatic heterocycles. The Labute approximate surface area is 203 Å². The number of aryl methyl sites for hydroxylation is 1. The van der Waals surface area contributed by atoms with E-state index in [9.17, 15) is 4.79 Å². The molecule has 0 saturated carbocycles. The van der Waals surface area contributed by atoms with Crippen molar-refractivity contribution < 1.29 is 4.74 Å². The van der Waals surface area contributed by atoms with Gasteiger partial charge in [0.25, 0.3) is 5.56 Å². The van der Waals surface area contributed by atoms with E-state index in [1.54, 1.807) is 24.4 Å². The molecule has 1 heterocycles. The number of nitrogens with zero attached hydrogens (tertiary/aromatic N) is 3. The number of halogens is 3. The van der Waals surface area contributed by atoms with Gasteiger partial charge in [-0.2, -0.15) is 9.78 Å². The smallest absolute Gasteiger partial charge is 0.282 e. The second-order valence-electron chi connectivity index (χ2n) is 7.01. The number of rotatable bonds is 6. The van der Waals surface area contributed by atoms with E-state index in [1.165, 1.54) is 4.68 Å². The lowest BCUT2D eigenvalue weighted by atomic mass is 10.2. The number of hydrogen-bond donors (Lipinski definition) is 0. The van der Waals surface area contributed by atoms with E-state index < -0.39 is 0 Å². The van der Waals surface area contributed by atoms with Crippen LogP contribution in [0.3, 0.4) is 0 Å². The van der Waals surface area contributed by atoms with E-state index >= 15 is 0 Å². The Hall–Kier alpha value is -2.67. The summed E-state index contributed by atoms with van der Waals surface area (Å²) in [4.78, 5) is 17.5. The third kappa shape index (κ3) is 5.04. The van der Waals surface area contributed by atoms with Crippen LogP contribution in [0.25, 0.3) is 10.9 Å². The molecular weight excluding hydrogens is 513 g/mol.